The van der Waals surface area contributed by atoms with Gasteiger partial charge in [-0.3, -0.25) is 24.1 Å². The van der Waals surface area contributed by atoms with Crippen molar-refractivity contribution >= 4 is 23.7 Å². The summed E-state index contributed by atoms with van der Waals surface area (Å²) in [6.07, 6.45) is 2.49. The molecule has 0 aliphatic carbocycles. The van der Waals surface area contributed by atoms with Crippen molar-refractivity contribution in [3.8, 4) is 5.75 Å². The highest BCUT2D eigenvalue weighted by Gasteiger charge is 2.23. The van der Waals surface area contributed by atoms with Crippen LogP contribution in [0.15, 0.2) is 42.5 Å². The van der Waals surface area contributed by atoms with E-state index in [1.165, 1.54) is 12.2 Å². The average Bonchev–Trinajstić information content (AvgIpc) is 2.95. The van der Waals surface area contributed by atoms with Crippen molar-refractivity contribution in [1.82, 2.24) is 10.2 Å². The van der Waals surface area contributed by atoms with Crippen molar-refractivity contribution in [3.05, 3.63) is 42.5 Å². The van der Waals surface area contributed by atoms with Crippen LogP contribution < -0.4 is 10.1 Å². The van der Waals surface area contributed by atoms with Crippen LogP contribution in [0.2, 0.25) is 0 Å². The van der Waals surface area contributed by atoms with E-state index < -0.39 is 17.8 Å². The molecule has 8 heteroatoms. The number of imide groups is 1. The van der Waals surface area contributed by atoms with Gasteiger partial charge >= 0.3 is 5.97 Å². The van der Waals surface area contributed by atoms with Crippen LogP contribution in [0.3, 0.4) is 0 Å². The molecule has 8 nitrogen and oxygen atoms in total. The second kappa shape index (κ2) is 10.1. The summed E-state index contributed by atoms with van der Waals surface area (Å²) in [5.41, 5.74) is 0. The molecule has 0 fully saturated rings. The van der Waals surface area contributed by atoms with Gasteiger partial charge in [0.15, 0.2) is 0 Å². The molecule has 1 N–H and O–H groups in total. The number of nitrogens with zero attached hydrogens (tertiary/aromatic N) is 1. The highest BCUT2D eigenvalue weighted by Crippen LogP contribution is 2.09. The van der Waals surface area contributed by atoms with E-state index in [9.17, 15) is 19.2 Å². The van der Waals surface area contributed by atoms with E-state index in [1.807, 2.05) is 6.07 Å². The van der Waals surface area contributed by atoms with Crippen LogP contribution in [0.5, 0.6) is 5.75 Å². The minimum Gasteiger partial charge on any atom is -0.426 e. The van der Waals surface area contributed by atoms with Gasteiger partial charge in [-0.2, -0.15) is 0 Å². The summed E-state index contributed by atoms with van der Waals surface area (Å²) in [6, 6.07) is 8.75. The molecule has 26 heavy (non-hydrogen) atoms. The molecule has 0 saturated carbocycles. The number of hydrogen-bond donors (Lipinski definition) is 1. The Labute approximate surface area is 150 Å². The molecule has 1 heterocycles. The number of para-hydroxylation sites is 1. The zero-order valence-corrected chi connectivity index (χ0v) is 14.2. The van der Waals surface area contributed by atoms with E-state index in [0.717, 1.165) is 4.90 Å². The van der Waals surface area contributed by atoms with Crippen molar-refractivity contribution in [3.63, 3.8) is 0 Å². The van der Waals surface area contributed by atoms with Gasteiger partial charge in [0.2, 0.25) is 5.91 Å². The number of esters is 1. The van der Waals surface area contributed by atoms with Crippen LogP contribution in [0.1, 0.15) is 12.8 Å². The fourth-order valence-corrected chi connectivity index (χ4v) is 2.14. The third-order valence-corrected chi connectivity index (χ3v) is 3.46. The number of carbonyl (C=O) groups is 4. The highest BCUT2D eigenvalue weighted by molar-refractivity contribution is 6.13. The van der Waals surface area contributed by atoms with E-state index in [-0.39, 0.29) is 45.1 Å². The first kappa shape index (κ1) is 19.3. The summed E-state index contributed by atoms with van der Waals surface area (Å²) in [6.45, 7) is 0.743. The molecular formula is C18H20N2O6. The largest absolute Gasteiger partial charge is 0.426 e. The van der Waals surface area contributed by atoms with Gasteiger partial charge in [-0.15, -0.1) is 0 Å². The van der Waals surface area contributed by atoms with Crippen molar-refractivity contribution in [2.45, 2.75) is 12.8 Å². The summed E-state index contributed by atoms with van der Waals surface area (Å²) in [7, 11) is 0. The number of hydrogen-bond acceptors (Lipinski definition) is 6. The van der Waals surface area contributed by atoms with Crippen LogP contribution in [-0.2, 0) is 23.9 Å². The summed E-state index contributed by atoms with van der Waals surface area (Å²) in [5.74, 6) is -1.02. The van der Waals surface area contributed by atoms with E-state index in [1.54, 1.807) is 24.3 Å². The molecule has 3 amide bonds. The maximum Gasteiger partial charge on any atom is 0.313 e. The molecular weight excluding hydrogens is 340 g/mol. The monoisotopic (exact) mass is 360 g/mol. The molecule has 1 aromatic rings. The lowest BCUT2D eigenvalue weighted by Crippen LogP contribution is -2.35. The molecule has 0 bridgehead atoms. The summed E-state index contributed by atoms with van der Waals surface area (Å²) in [4.78, 5) is 46.9. The standard InChI is InChI=1S/C18H20N2O6/c21-15(8-11-20-16(22)6-7-17(20)23)19-10-13-25-12-9-18(24)26-14-4-2-1-3-5-14/h1-7H,8-13H2,(H,19,21). The maximum absolute atomic E-state index is 11.6. The second-order valence-electron chi connectivity index (χ2n) is 5.41. The average molecular weight is 360 g/mol. The molecule has 138 valence electrons. The van der Waals surface area contributed by atoms with Crippen LogP contribution in [0.4, 0.5) is 0 Å². The van der Waals surface area contributed by atoms with Crippen LogP contribution in [0.25, 0.3) is 0 Å². The van der Waals surface area contributed by atoms with Gasteiger partial charge in [-0.05, 0) is 12.1 Å². The first-order chi connectivity index (χ1) is 12.6. The number of nitrogens with one attached hydrogen (secondary N) is 1. The van der Waals surface area contributed by atoms with E-state index >= 15 is 0 Å². The van der Waals surface area contributed by atoms with Crippen molar-refractivity contribution in [2.24, 2.45) is 0 Å². The highest BCUT2D eigenvalue weighted by atomic mass is 16.5. The van der Waals surface area contributed by atoms with Gasteiger partial charge in [0, 0.05) is 31.7 Å². The van der Waals surface area contributed by atoms with Crippen LogP contribution in [0, 0.1) is 0 Å². The zero-order chi connectivity index (χ0) is 18.8. The third kappa shape index (κ3) is 6.48. The Balaban J connectivity index is 1.48. The Hall–Kier alpha value is -3.00. The topological polar surface area (TPSA) is 102 Å². The van der Waals surface area contributed by atoms with Crippen molar-refractivity contribution < 1.29 is 28.7 Å². The normalized spacial score (nSPS) is 13.2. The van der Waals surface area contributed by atoms with Crippen molar-refractivity contribution in [2.75, 3.05) is 26.3 Å². The fraction of sp³-hybridized carbons (Fsp3) is 0.333. The van der Waals surface area contributed by atoms with Gasteiger partial charge < -0.3 is 14.8 Å². The smallest absolute Gasteiger partial charge is 0.313 e. The molecule has 0 unspecified atom stereocenters. The zero-order valence-electron chi connectivity index (χ0n) is 14.2. The minimum atomic E-state index is -0.409. The minimum absolute atomic E-state index is 0.0303. The summed E-state index contributed by atoms with van der Waals surface area (Å²) >= 11 is 0. The Morgan fingerprint density at radius 3 is 2.35 bits per heavy atom. The molecule has 1 aromatic carbocycles. The summed E-state index contributed by atoms with van der Waals surface area (Å²) in [5, 5.41) is 2.61. The predicted molar refractivity (Wildman–Crippen MR) is 91.0 cm³/mol. The predicted octanol–water partition coefficient (Wildman–Crippen LogP) is 0.430. The van der Waals surface area contributed by atoms with Crippen molar-refractivity contribution in [1.29, 1.82) is 0 Å². The first-order valence-corrected chi connectivity index (χ1v) is 8.20. The maximum atomic E-state index is 11.6. The van der Waals surface area contributed by atoms with Gasteiger partial charge in [0.1, 0.15) is 5.75 Å². The molecule has 0 saturated heterocycles. The fourth-order valence-electron chi connectivity index (χ4n) is 2.14. The first-order valence-electron chi connectivity index (χ1n) is 8.20. The number of rotatable bonds is 10. The molecule has 1 aliphatic rings. The summed E-state index contributed by atoms with van der Waals surface area (Å²) < 4.78 is 10.4. The quantitative estimate of drug-likeness (QED) is 0.281. The van der Waals surface area contributed by atoms with Crippen LogP contribution in [-0.4, -0.2) is 54.9 Å². The van der Waals surface area contributed by atoms with E-state index in [4.69, 9.17) is 9.47 Å². The lowest BCUT2D eigenvalue weighted by atomic mass is 10.3. The molecule has 0 spiro atoms. The third-order valence-electron chi connectivity index (χ3n) is 3.46. The Bertz CT molecular complexity index is 668. The lowest BCUT2D eigenvalue weighted by molar-refractivity contribution is -0.138. The Kier molecular flexibility index (Phi) is 7.50. The molecule has 0 aromatic heterocycles. The van der Waals surface area contributed by atoms with Gasteiger partial charge in [0.05, 0.1) is 19.6 Å². The molecule has 0 radical (unpaired) electrons. The van der Waals surface area contributed by atoms with Gasteiger partial charge in [0.25, 0.3) is 11.8 Å². The molecule has 1 aliphatic heterocycles. The number of amides is 3. The lowest BCUT2D eigenvalue weighted by Gasteiger charge is -2.13. The Morgan fingerprint density at radius 1 is 0.962 bits per heavy atom. The second-order valence-corrected chi connectivity index (χ2v) is 5.41. The van der Waals surface area contributed by atoms with E-state index in [0.29, 0.717) is 5.75 Å². The van der Waals surface area contributed by atoms with Gasteiger partial charge in [-0.1, -0.05) is 18.2 Å². The number of benzene rings is 1. The number of carbonyl (C=O) groups excluding carboxylic acids is 4. The SMILES string of the molecule is O=C(CCN1C(=O)C=CC1=O)NCCOCCC(=O)Oc1ccccc1. The van der Waals surface area contributed by atoms with Crippen LogP contribution >= 0.6 is 0 Å². The van der Waals surface area contributed by atoms with Gasteiger partial charge in [-0.25, -0.2) is 0 Å². The Morgan fingerprint density at radius 2 is 1.65 bits per heavy atom. The number of ether oxygens (including phenoxy) is 2. The molecule has 0 atom stereocenters. The molecule has 2 rings (SSSR count). The van der Waals surface area contributed by atoms with E-state index in [2.05, 4.69) is 5.32 Å².